The molecule has 1 aliphatic rings. The van der Waals surface area contributed by atoms with Crippen LogP contribution in [0.1, 0.15) is 18.9 Å². The summed E-state index contributed by atoms with van der Waals surface area (Å²) < 4.78 is 43.2. The van der Waals surface area contributed by atoms with Crippen LogP contribution < -0.4 is 15.4 Å². The normalized spacial score (nSPS) is 20.1. The van der Waals surface area contributed by atoms with Crippen LogP contribution in [0.3, 0.4) is 0 Å². The van der Waals surface area contributed by atoms with Gasteiger partial charge in [0.1, 0.15) is 11.9 Å². The summed E-state index contributed by atoms with van der Waals surface area (Å²) in [5.74, 6) is 1.37. The van der Waals surface area contributed by atoms with Crippen LogP contribution in [-0.2, 0) is 0 Å². The van der Waals surface area contributed by atoms with Crippen LogP contribution in [0, 0.1) is 6.92 Å². The standard InChI is InChI=1S/C18H27F3N4O/c1-13-4-6-16(7-5-13)26-14(2)10-23-17(22-3)24-15-8-9-25(11-15)12-18(19,20)21/h4-7,14-15H,8-12H2,1-3H3,(H2,22,23,24). The first kappa shape index (κ1) is 20.4. The summed E-state index contributed by atoms with van der Waals surface area (Å²) in [5.41, 5.74) is 1.17. The molecule has 1 saturated heterocycles. The second kappa shape index (κ2) is 9.12. The van der Waals surface area contributed by atoms with E-state index in [0.29, 0.717) is 32.0 Å². The minimum Gasteiger partial charge on any atom is -0.489 e. The molecule has 0 aliphatic carbocycles. The third-order valence-electron chi connectivity index (χ3n) is 4.15. The molecule has 0 radical (unpaired) electrons. The van der Waals surface area contributed by atoms with Gasteiger partial charge in [-0.25, -0.2) is 0 Å². The Balaban J connectivity index is 1.73. The van der Waals surface area contributed by atoms with E-state index in [1.165, 1.54) is 10.5 Å². The molecule has 0 saturated carbocycles. The highest BCUT2D eigenvalue weighted by Crippen LogP contribution is 2.20. The number of aliphatic imine (C=N–C) groups is 1. The number of halogens is 3. The predicted molar refractivity (Wildman–Crippen MR) is 96.7 cm³/mol. The summed E-state index contributed by atoms with van der Waals surface area (Å²) in [4.78, 5) is 5.55. The van der Waals surface area contributed by atoms with Gasteiger partial charge in [0.2, 0.25) is 0 Å². The number of alkyl halides is 3. The third-order valence-corrected chi connectivity index (χ3v) is 4.15. The molecule has 1 heterocycles. The zero-order valence-electron chi connectivity index (χ0n) is 15.4. The largest absolute Gasteiger partial charge is 0.489 e. The average Bonchev–Trinajstić information content (AvgIpc) is 2.98. The van der Waals surface area contributed by atoms with Crippen LogP contribution in [-0.4, -0.2) is 62.4 Å². The fraction of sp³-hybridized carbons (Fsp3) is 0.611. The van der Waals surface area contributed by atoms with Gasteiger partial charge in [0.25, 0.3) is 0 Å². The minimum atomic E-state index is -4.16. The van der Waals surface area contributed by atoms with Gasteiger partial charge >= 0.3 is 6.18 Å². The van der Waals surface area contributed by atoms with E-state index in [1.807, 2.05) is 38.1 Å². The summed E-state index contributed by atoms with van der Waals surface area (Å²) in [6, 6.07) is 7.78. The van der Waals surface area contributed by atoms with Crippen molar-refractivity contribution in [2.75, 3.05) is 33.2 Å². The number of guanidine groups is 1. The Hall–Kier alpha value is -1.96. The Morgan fingerprint density at radius 1 is 1.35 bits per heavy atom. The minimum absolute atomic E-state index is 0.0446. The van der Waals surface area contributed by atoms with E-state index in [0.717, 1.165) is 5.75 Å². The molecular formula is C18H27F3N4O. The highest BCUT2D eigenvalue weighted by atomic mass is 19.4. The van der Waals surface area contributed by atoms with Crippen molar-refractivity contribution in [1.82, 2.24) is 15.5 Å². The van der Waals surface area contributed by atoms with Gasteiger partial charge in [-0.2, -0.15) is 13.2 Å². The highest BCUT2D eigenvalue weighted by molar-refractivity contribution is 5.80. The molecular weight excluding hydrogens is 345 g/mol. The van der Waals surface area contributed by atoms with E-state index in [-0.39, 0.29) is 12.1 Å². The molecule has 2 unspecified atom stereocenters. The van der Waals surface area contributed by atoms with Crippen LogP contribution >= 0.6 is 0 Å². The van der Waals surface area contributed by atoms with Crippen LogP contribution in [0.2, 0.25) is 0 Å². The number of likely N-dealkylation sites (tertiary alicyclic amines) is 1. The number of benzene rings is 1. The van der Waals surface area contributed by atoms with Crippen molar-refractivity contribution < 1.29 is 17.9 Å². The lowest BCUT2D eigenvalue weighted by atomic mass is 10.2. The number of rotatable bonds is 6. The lowest BCUT2D eigenvalue weighted by Gasteiger charge is -2.21. The Morgan fingerprint density at radius 3 is 2.65 bits per heavy atom. The lowest BCUT2D eigenvalue weighted by Crippen LogP contribution is -2.47. The molecule has 0 amide bonds. The molecule has 5 nitrogen and oxygen atoms in total. The summed E-state index contributed by atoms with van der Waals surface area (Å²) >= 11 is 0. The smallest absolute Gasteiger partial charge is 0.401 e. The molecule has 0 spiro atoms. The Bertz CT molecular complexity index is 589. The van der Waals surface area contributed by atoms with Crippen molar-refractivity contribution in [3.05, 3.63) is 29.8 Å². The Labute approximate surface area is 152 Å². The highest BCUT2D eigenvalue weighted by Gasteiger charge is 2.34. The van der Waals surface area contributed by atoms with E-state index in [1.54, 1.807) is 7.05 Å². The van der Waals surface area contributed by atoms with Gasteiger partial charge in [0.05, 0.1) is 13.1 Å². The summed E-state index contributed by atoms with van der Waals surface area (Å²) in [5, 5.41) is 6.35. The van der Waals surface area contributed by atoms with Crippen molar-refractivity contribution in [3.63, 3.8) is 0 Å². The molecule has 26 heavy (non-hydrogen) atoms. The van der Waals surface area contributed by atoms with E-state index in [4.69, 9.17) is 4.74 Å². The number of ether oxygens (including phenoxy) is 1. The fourth-order valence-electron chi connectivity index (χ4n) is 2.87. The maximum absolute atomic E-state index is 12.5. The summed E-state index contributed by atoms with van der Waals surface area (Å²) in [6.45, 7) is 4.42. The van der Waals surface area contributed by atoms with Gasteiger partial charge in [0.15, 0.2) is 5.96 Å². The molecule has 1 aliphatic heterocycles. The van der Waals surface area contributed by atoms with Crippen molar-refractivity contribution >= 4 is 5.96 Å². The van der Waals surface area contributed by atoms with Crippen molar-refractivity contribution in [2.45, 2.75) is 38.6 Å². The maximum Gasteiger partial charge on any atom is 0.401 e. The molecule has 1 fully saturated rings. The monoisotopic (exact) mass is 372 g/mol. The van der Waals surface area contributed by atoms with Crippen LogP contribution in [0.5, 0.6) is 5.75 Å². The van der Waals surface area contributed by atoms with Crippen LogP contribution in [0.15, 0.2) is 29.3 Å². The molecule has 0 bridgehead atoms. The number of hydrogen-bond acceptors (Lipinski definition) is 3. The number of nitrogens with zero attached hydrogens (tertiary/aromatic N) is 2. The zero-order valence-corrected chi connectivity index (χ0v) is 15.4. The maximum atomic E-state index is 12.5. The molecule has 146 valence electrons. The molecule has 0 aromatic heterocycles. The van der Waals surface area contributed by atoms with Gasteiger partial charge < -0.3 is 15.4 Å². The summed E-state index contributed by atoms with van der Waals surface area (Å²) in [7, 11) is 1.64. The SMILES string of the molecule is CN=C(NCC(C)Oc1ccc(C)cc1)NC1CCN(CC(F)(F)F)C1. The second-order valence-electron chi connectivity index (χ2n) is 6.67. The molecule has 2 atom stereocenters. The van der Waals surface area contributed by atoms with Crippen molar-refractivity contribution in [1.29, 1.82) is 0 Å². The quantitative estimate of drug-likeness (QED) is 0.595. The summed E-state index contributed by atoms with van der Waals surface area (Å²) in [6.07, 6.45) is -3.58. The van der Waals surface area contributed by atoms with Crippen LogP contribution in [0.4, 0.5) is 13.2 Å². The number of hydrogen-bond donors (Lipinski definition) is 2. The Kier molecular flexibility index (Phi) is 7.14. The van der Waals surface area contributed by atoms with E-state index < -0.39 is 12.7 Å². The molecule has 2 N–H and O–H groups in total. The zero-order chi connectivity index (χ0) is 19.2. The van der Waals surface area contributed by atoms with E-state index in [9.17, 15) is 13.2 Å². The first-order chi connectivity index (χ1) is 12.2. The topological polar surface area (TPSA) is 48.9 Å². The van der Waals surface area contributed by atoms with E-state index in [2.05, 4.69) is 15.6 Å². The fourth-order valence-corrected chi connectivity index (χ4v) is 2.87. The first-order valence-corrected chi connectivity index (χ1v) is 8.75. The number of nitrogens with one attached hydrogen (secondary N) is 2. The van der Waals surface area contributed by atoms with E-state index >= 15 is 0 Å². The van der Waals surface area contributed by atoms with Gasteiger partial charge in [-0.3, -0.25) is 9.89 Å². The van der Waals surface area contributed by atoms with Gasteiger partial charge in [-0.1, -0.05) is 17.7 Å². The molecule has 2 rings (SSSR count). The van der Waals surface area contributed by atoms with Crippen LogP contribution in [0.25, 0.3) is 0 Å². The van der Waals surface area contributed by atoms with Gasteiger partial charge in [0, 0.05) is 26.2 Å². The Morgan fingerprint density at radius 2 is 2.04 bits per heavy atom. The predicted octanol–water partition coefficient (Wildman–Crippen LogP) is 2.56. The first-order valence-electron chi connectivity index (χ1n) is 8.75. The van der Waals surface area contributed by atoms with Gasteiger partial charge in [-0.15, -0.1) is 0 Å². The third kappa shape index (κ3) is 7.11. The van der Waals surface area contributed by atoms with Crippen molar-refractivity contribution in [3.8, 4) is 5.75 Å². The average molecular weight is 372 g/mol. The molecule has 1 aromatic carbocycles. The van der Waals surface area contributed by atoms with Crippen molar-refractivity contribution in [2.24, 2.45) is 4.99 Å². The lowest BCUT2D eigenvalue weighted by molar-refractivity contribution is -0.143. The number of aryl methyl sites for hydroxylation is 1. The second-order valence-corrected chi connectivity index (χ2v) is 6.67. The molecule has 8 heteroatoms. The molecule has 1 aromatic rings. The van der Waals surface area contributed by atoms with Gasteiger partial charge in [-0.05, 0) is 32.4 Å².